The molecule has 2 N–H and O–H groups in total. The molecule has 2 rings (SSSR count). The largest absolute Gasteiger partial charge is 0.377 e. The SMILES string of the molecule is CCCCCN(C)CC1(N)C2CCOC2C1(C)C. The summed E-state index contributed by atoms with van der Waals surface area (Å²) in [5.74, 6) is 0.570. The van der Waals surface area contributed by atoms with E-state index in [9.17, 15) is 0 Å². The predicted molar refractivity (Wildman–Crippen MR) is 75.6 cm³/mol. The molecule has 0 aromatic carbocycles. The van der Waals surface area contributed by atoms with Crippen molar-refractivity contribution >= 4 is 0 Å². The molecule has 1 heterocycles. The van der Waals surface area contributed by atoms with Crippen molar-refractivity contribution in [3.05, 3.63) is 0 Å². The second-order valence-corrected chi connectivity index (χ2v) is 6.89. The number of hydrogen-bond acceptors (Lipinski definition) is 3. The summed E-state index contributed by atoms with van der Waals surface area (Å²) in [6.07, 6.45) is 5.43. The zero-order valence-corrected chi connectivity index (χ0v) is 12.5. The van der Waals surface area contributed by atoms with E-state index < -0.39 is 0 Å². The van der Waals surface area contributed by atoms with Gasteiger partial charge in [0, 0.05) is 30.0 Å². The normalized spacial score (nSPS) is 37.7. The number of unbranched alkanes of at least 4 members (excludes halogenated alkanes) is 2. The van der Waals surface area contributed by atoms with Crippen LogP contribution in [0.1, 0.15) is 46.5 Å². The molecule has 1 saturated carbocycles. The number of nitrogens with two attached hydrogens (primary N) is 1. The van der Waals surface area contributed by atoms with Gasteiger partial charge in [-0.1, -0.05) is 33.6 Å². The molecule has 18 heavy (non-hydrogen) atoms. The van der Waals surface area contributed by atoms with Crippen molar-refractivity contribution in [1.29, 1.82) is 0 Å². The molecule has 0 aromatic rings. The Morgan fingerprint density at radius 3 is 2.72 bits per heavy atom. The Hall–Kier alpha value is -0.120. The lowest BCUT2D eigenvalue weighted by Crippen LogP contribution is -2.78. The molecule has 2 fully saturated rings. The molecular weight excluding hydrogens is 224 g/mol. The van der Waals surface area contributed by atoms with Crippen LogP contribution < -0.4 is 5.73 Å². The fraction of sp³-hybridized carbons (Fsp3) is 1.00. The summed E-state index contributed by atoms with van der Waals surface area (Å²) in [5.41, 5.74) is 6.81. The zero-order chi connectivity index (χ0) is 13.4. The van der Waals surface area contributed by atoms with Gasteiger partial charge in [0.2, 0.25) is 0 Å². The summed E-state index contributed by atoms with van der Waals surface area (Å²) in [6.45, 7) is 9.88. The maximum Gasteiger partial charge on any atom is 0.0691 e. The van der Waals surface area contributed by atoms with Crippen molar-refractivity contribution in [3.8, 4) is 0 Å². The van der Waals surface area contributed by atoms with E-state index in [1.165, 1.54) is 25.8 Å². The van der Waals surface area contributed by atoms with Crippen LogP contribution in [0.4, 0.5) is 0 Å². The Balaban J connectivity index is 1.91. The molecule has 106 valence electrons. The average molecular weight is 254 g/mol. The van der Waals surface area contributed by atoms with Crippen LogP contribution in [0.3, 0.4) is 0 Å². The van der Waals surface area contributed by atoms with Gasteiger partial charge in [0.05, 0.1) is 6.10 Å². The van der Waals surface area contributed by atoms with E-state index in [0.717, 1.165) is 19.6 Å². The molecule has 3 atom stereocenters. The van der Waals surface area contributed by atoms with Gasteiger partial charge in [-0.2, -0.15) is 0 Å². The van der Waals surface area contributed by atoms with Gasteiger partial charge in [0.15, 0.2) is 0 Å². The summed E-state index contributed by atoms with van der Waals surface area (Å²) in [4.78, 5) is 2.42. The summed E-state index contributed by atoms with van der Waals surface area (Å²) in [5, 5.41) is 0. The molecule has 0 aromatic heterocycles. The minimum absolute atomic E-state index is 0.0604. The van der Waals surface area contributed by atoms with Crippen LogP contribution in [-0.2, 0) is 4.74 Å². The molecule has 0 spiro atoms. The first kappa shape index (κ1) is 14.3. The van der Waals surface area contributed by atoms with Crippen molar-refractivity contribution in [3.63, 3.8) is 0 Å². The molecule has 0 amide bonds. The lowest BCUT2D eigenvalue weighted by Gasteiger charge is -2.63. The minimum atomic E-state index is -0.0604. The van der Waals surface area contributed by atoms with Crippen LogP contribution in [0.15, 0.2) is 0 Å². The minimum Gasteiger partial charge on any atom is -0.377 e. The van der Waals surface area contributed by atoms with Crippen molar-refractivity contribution in [1.82, 2.24) is 4.90 Å². The average Bonchev–Trinajstić information content (AvgIpc) is 2.77. The van der Waals surface area contributed by atoms with Crippen LogP contribution in [-0.4, -0.2) is 43.3 Å². The van der Waals surface area contributed by atoms with Crippen molar-refractivity contribution in [2.75, 3.05) is 26.7 Å². The summed E-state index contributed by atoms with van der Waals surface area (Å²) in [7, 11) is 2.21. The van der Waals surface area contributed by atoms with Gasteiger partial charge >= 0.3 is 0 Å². The Labute approximate surface area is 112 Å². The lowest BCUT2D eigenvalue weighted by atomic mass is 9.48. The number of nitrogens with zero attached hydrogens (tertiary/aromatic N) is 1. The third kappa shape index (κ3) is 2.10. The molecule has 1 aliphatic carbocycles. The van der Waals surface area contributed by atoms with Crippen LogP contribution in [0.2, 0.25) is 0 Å². The zero-order valence-electron chi connectivity index (χ0n) is 12.5. The fourth-order valence-corrected chi connectivity index (χ4v) is 3.95. The van der Waals surface area contributed by atoms with Gasteiger partial charge in [-0.05, 0) is 26.4 Å². The maximum atomic E-state index is 6.75. The lowest BCUT2D eigenvalue weighted by molar-refractivity contribution is -0.161. The quantitative estimate of drug-likeness (QED) is 0.739. The molecule has 1 aliphatic heterocycles. The Kier molecular flexibility index (Phi) is 4.05. The van der Waals surface area contributed by atoms with Gasteiger partial charge in [0.1, 0.15) is 0 Å². The van der Waals surface area contributed by atoms with Gasteiger partial charge in [-0.25, -0.2) is 0 Å². The molecule has 3 unspecified atom stereocenters. The smallest absolute Gasteiger partial charge is 0.0691 e. The van der Waals surface area contributed by atoms with Crippen LogP contribution >= 0.6 is 0 Å². The number of hydrogen-bond donors (Lipinski definition) is 1. The molecule has 0 bridgehead atoms. The number of rotatable bonds is 6. The summed E-state index contributed by atoms with van der Waals surface area (Å²) < 4.78 is 5.84. The maximum absolute atomic E-state index is 6.75. The summed E-state index contributed by atoms with van der Waals surface area (Å²) >= 11 is 0. The highest BCUT2D eigenvalue weighted by molar-refractivity contribution is 5.21. The standard InChI is InChI=1S/C15H30N2O/c1-5-6-7-9-17(4)11-15(16)12-8-10-18-13(12)14(15,2)3/h12-13H,5-11,16H2,1-4H3. The van der Waals surface area contributed by atoms with Gasteiger partial charge in [0.25, 0.3) is 0 Å². The van der Waals surface area contributed by atoms with Crippen LogP contribution in [0, 0.1) is 11.3 Å². The molecular formula is C15H30N2O. The van der Waals surface area contributed by atoms with E-state index in [4.69, 9.17) is 10.5 Å². The predicted octanol–water partition coefficient (Wildman–Crippen LogP) is 2.25. The monoisotopic (exact) mass is 254 g/mol. The second kappa shape index (κ2) is 5.10. The number of ether oxygens (including phenoxy) is 1. The van der Waals surface area contributed by atoms with E-state index in [1.54, 1.807) is 0 Å². The number of likely N-dealkylation sites (N-methyl/N-ethyl adjacent to an activating group) is 1. The van der Waals surface area contributed by atoms with E-state index in [1.807, 2.05) is 0 Å². The van der Waals surface area contributed by atoms with Crippen molar-refractivity contribution in [2.24, 2.45) is 17.1 Å². The van der Waals surface area contributed by atoms with Gasteiger partial charge in [-0.3, -0.25) is 0 Å². The van der Waals surface area contributed by atoms with Crippen LogP contribution in [0.25, 0.3) is 0 Å². The first-order valence-electron chi connectivity index (χ1n) is 7.52. The molecule has 0 radical (unpaired) electrons. The molecule has 1 saturated heterocycles. The van der Waals surface area contributed by atoms with Gasteiger partial charge < -0.3 is 15.4 Å². The van der Waals surface area contributed by atoms with E-state index >= 15 is 0 Å². The third-order valence-electron chi connectivity index (χ3n) is 5.34. The van der Waals surface area contributed by atoms with Gasteiger partial charge in [-0.15, -0.1) is 0 Å². The Morgan fingerprint density at radius 1 is 1.33 bits per heavy atom. The van der Waals surface area contributed by atoms with E-state index in [2.05, 4.69) is 32.7 Å². The molecule has 2 aliphatic rings. The first-order valence-corrected chi connectivity index (χ1v) is 7.52. The van der Waals surface area contributed by atoms with E-state index in [0.29, 0.717) is 12.0 Å². The van der Waals surface area contributed by atoms with Crippen molar-refractivity contribution < 1.29 is 4.74 Å². The van der Waals surface area contributed by atoms with E-state index in [-0.39, 0.29) is 11.0 Å². The fourth-order valence-electron chi connectivity index (χ4n) is 3.95. The highest BCUT2D eigenvalue weighted by atomic mass is 16.5. The highest BCUT2D eigenvalue weighted by Gasteiger charge is 2.67. The third-order valence-corrected chi connectivity index (χ3v) is 5.34. The second-order valence-electron chi connectivity index (χ2n) is 6.89. The van der Waals surface area contributed by atoms with Crippen LogP contribution in [0.5, 0.6) is 0 Å². The highest BCUT2D eigenvalue weighted by Crippen LogP contribution is 2.58. The Bertz CT molecular complexity index is 292. The molecule has 3 heteroatoms. The molecule has 3 nitrogen and oxygen atoms in total. The summed E-state index contributed by atoms with van der Waals surface area (Å²) in [6, 6.07) is 0. The Morgan fingerprint density at radius 2 is 2.06 bits per heavy atom. The van der Waals surface area contributed by atoms with Crippen molar-refractivity contribution in [2.45, 2.75) is 58.1 Å². The topological polar surface area (TPSA) is 38.5 Å². The first-order chi connectivity index (χ1) is 8.43. The number of fused-ring (bicyclic) bond motifs is 1.